The summed E-state index contributed by atoms with van der Waals surface area (Å²) in [5.74, 6) is -0.290. The molecule has 0 spiro atoms. The minimum absolute atomic E-state index is 0.0858. The third-order valence-electron chi connectivity index (χ3n) is 3.30. The predicted octanol–water partition coefficient (Wildman–Crippen LogP) is 1.56. The molecule has 1 aromatic heterocycles. The molecule has 0 radical (unpaired) electrons. The van der Waals surface area contributed by atoms with Gasteiger partial charge >= 0.3 is 0 Å². The lowest BCUT2D eigenvalue weighted by Crippen LogP contribution is -2.53. The number of aliphatic hydroxyl groups excluding tert-OH is 1. The molecule has 6 nitrogen and oxygen atoms in total. The highest BCUT2D eigenvalue weighted by Gasteiger charge is 2.27. The molecule has 2 atom stereocenters. The van der Waals surface area contributed by atoms with Gasteiger partial charge in [-0.2, -0.15) is 0 Å². The van der Waals surface area contributed by atoms with E-state index in [9.17, 15) is 14.7 Å². The Bertz CT molecular complexity index is 469. The number of hydrogen-bond donors (Lipinski definition) is 3. The van der Waals surface area contributed by atoms with Crippen LogP contribution >= 0.6 is 0 Å². The third kappa shape index (κ3) is 5.52. The van der Waals surface area contributed by atoms with Crippen LogP contribution in [-0.2, 0) is 4.79 Å². The summed E-state index contributed by atoms with van der Waals surface area (Å²) in [5, 5.41) is 14.8. The number of carbonyl (C=O) groups excluding carboxylic acids is 2. The van der Waals surface area contributed by atoms with Gasteiger partial charge in [0.05, 0.1) is 18.9 Å². The summed E-state index contributed by atoms with van der Waals surface area (Å²) in [7, 11) is 0. The molecular formula is C16H26N2O4. The standard InChI is InChI=1S/C16H26N2O4/c1-10(2)8-12(9-19)17-16(21)14(11(3)4)18-15(20)13-6-5-7-22-13/h5-7,10-12,14,19H,8-9H2,1-4H3,(H,17,21)(H,18,20). The quantitative estimate of drug-likeness (QED) is 0.679. The van der Waals surface area contributed by atoms with Crippen LogP contribution in [0.5, 0.6) is 0 Å². The molecule has 0 aliphatic heterocycles. The van der Waals surface area contributed by atoms with Crippen LogP contribution in [-0.4, -0.2) is 35.6 Å². The van der Waals surface area contributed by atoms with E-state index in [1.54, 1.807) is 12.1 Å². The highest BCUT2D eigenvalue weighted by atomic mass is 16.3. The first-order valence-corrected chi connectivity index (χ1v) is 7.60. The van der Waals surface area contributed by atoms with Gasteiger partial charge in [-0.1, -0.05) is 27.7 Å². The minimum atomic E-state index is -0.682. The molecule has 3 N–H and O–H groups in total. The van der Waals surface area contributed by atoms with Crippen molar-refractivity contribution in [3.8, 4) is 0 Å². The molecule has 0 saturated heterocycles. The van der Waals surface area contributed by atoms with Crippen LogP contribution in [0.25, 0.3) is 0 Å². The minimum Gasteiger partial charge on any atom is -0.459 e. The number of amides is 2. The lowest BCUT2D eigenvalue weighted by atomic mass is 10.0. The number of carbonyl (C=O) groups is 2. The van der Waals surface area contributed by atoms with Crippen molar-refractivity contribution < 1.29 is 19.1 Å². The highest BCUT2D eigenvalue weighted by molar-refractivity contribution is 5.95. The van der Waals surface area contributed by atoms with Gasteiger partial charge in [-0.05, 0) is 30.4 Å². The monoisotopic (exact) mass is 310 g/mol. The smallest absolute Gasteiger partial charge is 0.287 e. The molecule has 1 rings (SSSR count). The van der Waals surface area contributed by atoms with Crippen LogP contribution in [0.4, 0.5) is 0 Å². The van der Waals surface area contributed by atoms with Crippen molar-refractivity contribution in [2.45, 2.75) is 46.2 Å². The highest BCUT2D eigenvalue weighted by Crippen LogP contribution is 2.08. The van der Waals surface area contributed by atoms with E-state index >= 15 is 0 Å². The Morgan fingerprint density at radius 1 is 1.23 bits per heavy atom. The maximum absolute atomic E-state index is 12.4. The van der Waals surface area contributed by atoms with Gasteiger partial charge in [0.25, 0.3) is 5.91 Å². The Labute approximate surface area is 131 Å². The molecule has 0 saturated carbocycles. The predicted molar refractivity (Wildman–Crippen MR) is 83.3 cm³/mol. The lowest BCUT2D eigenvalue weighted by molar-refractivity contribution is -0.125. The molecule has 0 fully saturated rings. The van der Waals surface area contributed by atoms with Crippen LogP contribution in [0.3, 0.4) is 0 Å². The largest absolute Gasteiger partial charge is 0.459 e. The van der Waals surface area contributed by atoms with Crippen molar-refractivity contribution in [3.63, 3.8) is 0 Å². The number of hydrogen-bond acceptors (Lipinski definition) is 4. The fraction of sp³-hybridized carbons (Fsp3) is 0.625. The van der Waals surface area contributed by atoms with Crippen molar-refractivity contribution in [3.05, 3.63) is 24.2 Å². The Hall–Kier alpha value is -1.82. The van der Waals surface area contributed by atoms with Gasteiger partial charge in [-0.3, -0.25) is 9.59 Å². The zero-order valence-electron chi connectivity index (χ0n) is 13.6. The van der Waals surface area contributed by atoms with Crippen LogP contribution in [0, 0.1) is 11.8 Å². The van der Waals surface area contributed by atoms with E-state index in [0.717, 1.165) is 0 Å². The van der Waals surface area contributed by atoms with E-state index in [2.05, 4.69) is 10.6 Å². The zero-order chi connectivity index (χ0) is 16.7. The second-order valence-corrected chi connectivity index (χ2v) is 6.19. The summed E-state index contributed by atoms with van der Waals surface area (Å²) in [6.07, 6.45) is 2.09. The van der Waals surface area contributed by atoms with Gasteiger partial charge in [-0.25, -0.2) is 0 Å². The molecule has 22 heavy (non-hydrogen) atoms. The molecule has 124 valence electrons. The van der Waals surface area contributed by atoms with Gasteiger partial charge in [0.2, 0.25) is 5.91 Å². The molecule has 2 amide bonds. The molecular weight excluding hydrogens is 284 g/mol. The van der Waals surface area contributed by atoms with Crippen LogP contribution in [0.2, 0.25) is 0 Å². The Kier molecular flexibility index (Phi) is 7.11. The third-order valence-corrected chi connectivity index (χ3v) is 3.30. The van der Waals surface area contributed by atoms with Crippen LogP contribution in [0.1, 0.15) is 44.7 Å². The molecule has 6 heteroatoms. The van der Waals surface area contributed by atoms with E-state index in [1.807, 2.05) is 27.7 Å². The number of furan rings is 1. The maximum Gasteiger partial charge on any atom is 0.287 e. The van der Waals surface area contributed by atoms with E-state index < -0.39 is 11.9 Å². The topological polar surface area (TPSA) is 91.6 Å². The summed E-state index contributed by atoms with van der Waals surface area (Å²) < 4.78 is 5.03. The number of aliphatic hydroxyl groups is 1. The van der Waals surface area contributed by atoms with Gasteiger partial charge in [0.1, 0.15) is 6.04 Å². The second kappa shape index (κ2) is 8.58. The van der Waals surface area contributed by atoms with Crippen LogP contribution < -0.4 is 10.6 Å². The van der Waals surface area contributed by atoms with Crippen molar-refractivity contribution in [1.82, 2.24) is 10.6 Å². The first kappa shape index (κ1) is 18.2. The lowest BCUT2D eigenvalue weighted by Gasteiger charge is -2.25. The summed E-state index contributed by atoms with van der Waals surface area (Å²) >= 11 is 0. The van der Waals surface area contributed by atoms with Crippen LogP contribution in [0.15, 0.2) is 22.8 Å². The van der Waals surface area contributed by atoms with Gasteiger partial charge in [0, 0.05) is 0 Å². The fourth-order valence-corrected chi connectivity index (χ4v) is 2.19. The molecule has 0 aliphatic rings. The van der Waals surface area contributed by atoms with Gasteiger partial charge in [0.15, 0.2) is 5.76 Å². The average molecular weight is 310 g/mol. The van der Waals surface area contributed by atoms with E-state index in [-0.39, 0.29) is 30.2 Å². The molecule has 2 unspecified atom stereocenters. The Morgan fingerprint density at radius 3 is 2.36 bits per heavy atom. The average Bonchev–Trinajstić information content (AvgIpc) is 2.96. The molecule has 0 bridgehead atoms. The van der Waals surface area contributed by atoms with Crippen molar-refractivity contribution >= 4 is 11.8 Å². The van der Waals surface area contributed by atoms with Crippen molar-refractivity contribution in [2.75, 3.05) is 6.61 Å². The Morgan fingerprint density at radius 2 is 1.91 bits per heavy atom. The SMILES string of the molecule is CC(C)CC(CO)NC(=O)C(NC(=O)c1ccco1)C(C)C. The maximum atomic E-state index is 12.4. The van der Waals surface area contributed by atoms with E-state index in [1.165, 1.54) is 6.26 Å². The number of rotatable bonds is 8. The van der Waals surface area contributed by atoms with Crippen molar-refractivity contribution in [1.29, 1.82) is 0 Å². The zero-order valence-corrected chi connectivity index (χ0v) is 13.6. The molecule has 1 heterocycles. The fourth-order valence-electron chi connectivity index (χ4n) is 2.19. The van der Waals surface area contributed by atoms with E-state index in [4.69, 9.17) is 4.42 Å². The first-order chi connectivity index (χ1) is 10.3. The van der Waals surface area contributed by atoms with Gasteiger partial charge in [-0.15, -0.1) is 0 Å². The molecule has 1 aromatic rings. The van der Waals surface area contributed by atoms with E-state index in [0.29, 0.717) is 12.3 Å². The first-order valence-electron chi connectivity index (χ1n) is 7.60. The molecule has 0 aliphatic carbocycles. The summed E-state index contributed by atoms with van der Waals surface area (Å²) in [4.78, 5) is 24.4. The summed E-state index contributed by atoms with van der Waals surface area (Å²) in [6.45, 7) is 7.62. The van der Waals surface area contributed by atoms with Crippen molar-refractivity contribution in [2.24, 2.45) is 11.8 Å². The summed E-state index contributed by atoms with van der Waals surface area (Å²) in [6, 6.07) is 2.16. The normalized spacial score (nSPS) is 14.0. The Balaban J connectivity index is 2.69. The summed E-state index contributed by atoms with van der Waals surface area (Å²) in [5.41, 5.74) is 0. The number of nitrogens with one attached hydrogen (secondary N) is 2. The van der Waals surface area contributed by atoms with Gasteiger partial charge < -0.3 is 20.2 Å². The second-order valence-electron chi connectivity index (χ2n) is 6.19. The molecule has 0 aromatic carbocycles.